The van der Waals surface area contributed by atoms with Crippen LogP contribution < -0.4 is 5.32 Å². The number of nitrogens with one attached hydrogen (secondary N) is 1. The number of alkyl halides is 3. The Balaban J connectivity index is 1.80. The molecule has 1 aliphatic rings. The van der Waals surface area contributed by atoms with Crippen LogP contribution in [0.4, 0.5) is 18.9 Å². The van der Waals surface area contributed by atoms with Crippen LogP contribution in [0.2, 0.25) is 0 Å². The van der Waals surface area contributed by atoms with Gasteiger partial charge < -0.3 is 19.5 Å². The number of nitrogens with zero attached hydrogens (tertiary/aromatic N) is 3. The molecule has 2 aromatic rings. The van der Waals surface area contributed by atoms with Gasteiger partial charge in [-0.1, -0.05) is 0 Å². The third-order valence-corrected chi connectivity index (χ3v) is 3.88. The maximum Gasteiger partial charge on any atom is 0.449 e. The number of benzene rings is 1. The zero-order valence-electron chi connectivity index (χ0n) is 13.3. The summed E-state index contributed by atoms with van der Waals surface area (Å²) in [7, 11) is 1.26. The van der Waals surface area contributed by atoms with Gasteiger partial charge in [0.2, 0.25) is 5.82 Å². The lowest BCUT2D eigenvalue weighted by Gasteiger charge is -2.26. The number of hydrogen-bond donors (Lipinski definition) is 1. The normalized spacial score (nSPS) is 15.4. The molecule has 3 rings (SSSR count). The fraction of sp³-hybridized carbons (Fsp3) is 0.400. The summed E-state index contributed by atoms with van der Waals surface area (Å²) in [6.07, 6.45) is -4.58. The van der Waals surface area contributed by atoms with Crippen LogP contribution in [0.5, 0.6) is 0 Å². The molecule has 10 heteroatoms. The number of aromatic nitrogens is 2. The fourth-order valence-electron chi connectivity index (χ4n) is 2.63. The van der Waals surface area contributed by atoms with Crippen molar-refractivity contribution in [2.24, 2.45) is 7.05 Å². The monoisotopic (exact) mass is 356 g/mol. The molecule has 0 spiro atoms. The summed E-state index contributed by atoms with van der Waals surface area (Å²) < 4.78 is 44.7. The second kappa shape index (κ2) is 6.36. The highest BCUT2D eigenvalue weighted by Crippen LogP contribution is 2.31. The van der Waals surface area contributed by atoms with Gasteiger partial charge in [-0.05, 0) is 18.2 Å². The van der Waals surface area contributed by atoms with Crippen molar-refractivity contribution in [2.45, 2.75) is 6.18 Å². The van der Waals surface area contributed by atoms with Gasteiger partial charge in [-0.2, -0.15) is 13.2 Å². The molecular weight excluding hydrogens is 341 g/mol. The standard InChI is InChI=1S/C15H15F3N4O3/c1-21-11-3-2-9(8-10(11)20-14(21)15(16,17)18)19-12(23)13(24)22-4-6-25-7-5-22/h2-3,8H,4-7H2,1H3,(H,19,23). The van der Waals surface area contributed by atoms with Gasteiger partial charge in [0, 0.05) is 25.8 Å². The Morgan fingerprint density at radius 3 is 2.56 bits per heavy atom. The van der Waals surface area contributed by atoms with Crippen molar-refractivity contribution in [3.63, 3.8) is 0 Å². The second-order valence-electron chi connectivity index (χ2n) is 5.55. The Bertz CT molecular complexity index is 825. The number of imidazole rings is 1. The smallest absolute Gasteiger partial charge is 0.378 e. The Kier molecular flexibility index (Phi) is 4.38. The van der Waals surface area contributed by atoms with Gasteiger partial charge in [0.25, 0.3) is 0 Å². The van der Waals surface area contributed by atoms with Crippen LogP contribution in [-0.2, 0) is 27.5 Å². The second-order valence-corrected chi connectivity index (χ2v) is 5.55. The molecule has 1 saturated heterocycles. The largest absolute Gasteiger partial charge is 0.449 e. The number of carbonyl (C=O) groups is 2. The van der Waals surface area contributed by atoms with E-state index >= 15 is 0 Å². The molecule has 2 heterocycles. The predicted octanol–water partition coefficient (Wildman–Crippen LogP) is 1.39. The molecule has 134 valence electrons. The number of halogens is 3. The summed E-state index contributed by atoms with van der Waals surface area (Å²) in [4.78, 5) is 29.0. The number of rotatable bonds is 1. The van der Waals surface area contributed by atoms with E-state index in [0.29, 0.717) is 26.3 Å². The third-order valence-electron chi connectivity index (χ3n) is 3.88. The molecule has 2 amide bonds. The first-order chi connectivity index (χ1) is 11.8. The van der Waals surface area contributed by atoms with Crippen LogP contribution in [0.1, 0.15) is 5.82 Å². The quantitative estimate of drug-likeness (QED) is 0.784. The fourth-order valence-corrected chi connectivity index (χ4v) is 2.63. The van der Waals surface area contributed by atoms with Crippen LogP contribution in [0.25, 0.3) is 11.0 Å². The molecule has 1 aromatic carbocycles. The summed E-state index contributed by atoms with van der Waals surface area (Å²) in [5.74, 6) is -2.59. The van der Waals surface area contributed by atoms with Crippen LogP contribution in [-0.4, -0.2) is 52.6 Å². The van der Waals surface area contributed by atoms with E-state index in [2.05, 4.69) is 10.3 Å². The van der Waals surface area contributed by atoms with E-state index in [1.54, 1.807) is 0 Å². The van der Waals surface area contributed by atoms with E-state index in [4.69, 9.17) is 4.74 Å². The van der Waals surface area contributed by atoms with Gasteiger partial charge in [0.15, 0.2) is 0 Å². The number of carbonyl (C=O) groups excluding carboxylic acids is 2. The molecule has 1 fully saturated rings. The SMILES string of the molecule is Cn1c(C(F)(F)F)nc2cc(NC(=O)C(=O)N3CCOCC3)ccc21. The van der Waals surface area contributed by atoms with Gasteiger partial charge in [0.05, 0.1) is 24.2 Å². The lowest BCUT2D eigenvalue weighted by atomic mass is 10.2. The number of fused-ring (bicyclic) bond motifs is 1. The predicted molar refractivity (Wildman–Crippen MR) is 81.7 cm³/mol. The highest BCUT2D eigenvalue weighted by Gasteiger charge is 2.36. The summed E-state index contributed by atoms with van der Waals surface area (Å²) >= 11 is 0. The van der Waals surface area contributed by atoms with Crippen LogP contribution >= 0.6 is 0 Å². The molecular formula is C15H15F3N4O3. The number of hydrogen-bond acceptors (Lipinski definition) is 4. The van der Waals surface area contributed by atoms with Crippen LogP contribution in [0.3, 0.4) is 0 Å². The number of anilines is 1. The summed E-state index contributed by atoms with van der Waals surface area (Å²) in [6, 6.07) is 4.14. The van der Waals surface area contributed by atoms with Crippen molar-refractivity contribution >= 4 is 28.5 Å². The van der Waals surface area contributed by atoms with E-state index < -0.39 is 23.8 Å². The Morgan fingerprint density at radius 2 is 1.92 bits per heavy atom. The van der Waals surface area contributed by atoms with Crippen molar-refractivity contribution in [3.05, 3.63) is 24.0 Å². The van der Waals surface area contributed by atoms with Crippen molar-refractivity contribution in [1.82, 2.24) is 14.5 Å². The van der Waals surface area contributed by atoms with Crippen LogP contribution in [0, 0.1) is 0 Å². The highest BCUT2D eigenvalue weighted by atomic mass is 19.4. The number of ether oxygens (including phenoxy) is 1. The van der Waals surface area contributed by atoms with Gasteiger partial charge in [-0.3, -0.25) is 9.59 Å². The topological polar surface area (TPSA) is 76.5 Å². The van der Waals surface area contributed by atoms with E-state index in [0.717, 1.165) is 4.57 Å². The maximum absolute atomic E-state index is 12.9. The molecule has 7 nitrogen and oxygen atoms in total. The van der Waals surface area contributed by atoms with Crippen molar-refractivity contribution in [3.8, 4) is 0 Å². The summed E-state index contributed by atoms with van der Waals surface area (Å²) in [5, 5.41) is 2.40. The Labute approximate surface area is 140 Å². The lowest BCUT2D eigenvalue weighted by Crippen LogP contribution is -2.45. The summed E-state index contributed by atoms with van der Waals surface area (Å²) in [5.41, 5.74) is 0.544. The van der Waals surface area contributed by atoms with Gasteiger partial charge in [-0.25, -0.2) is 4.98 Å². The first kappa shape index (κ1) is 17.2. The molecule has 1 aliphatic heterocycles. The molecule has 0 saturated carbocycles. The highest BCUT2D eigenvalue weighted by molar-refractivity contribution is 6.39. The minimum Gasteiger partial charge on any atom is -0.378 e. The number of aryl methyl sites for hydroxylation is 1. The Morgan fingerprint density at radius 1 is 1.24 bits per heavy atom. The van der Waals surface area contributed by atoms with E-state index in [-0.39, 0.29) is 16.7 Å². The molecule has 0 aliphatic carbocycles. The van der Waals surface area contributed by atoms with Crippen molar-refractivity contribution in [1.29, 1.82) is 0 Å². The molecule has 1 aromatic heterocycles. The average molecular weight is 356 g/mol. The van der Waals surface area contributed by atoms with E-state index in [9.17, 15) is 22.8 Å². The van der Waals surface area contributed by atoms with Gasteiger partial charge in [0.1, 0.15) is 0 Å². The lowest BCUT2D eigenvalue weighted by molar-refractivity contribution is -0.146. The minimum atomic E-state index is -4.58. The van der Waals surface area contributed by atoms with Gasteiger partial charge in [-0.15, -0.1) is 0 Å². The Hall–Kier alpha value is -2.62. The van der Waals surface area contributed by atoms with E-state index in [1.807, 2.05) is 0 Å². The zero-order chi connectivity index (χ0) is 18.2. The molecule has 0 bridgehead atoms. The van der Waals surface area contributed by atoms with Gasteiger partial charge >= 0.3 is 18.0 Å². The van der Waals surface area contributed by atoms with E-state index in [1.165, 1.54) is 30.1 Å². The molecule has 0 atom stereocenters. The number of amides is 2. The molecule has 0 radical (unpaired) electrons. The minimum absolute atomic E-state index is 0.0754. The molecule has 25 heavy (non-hydrogen) atoms. The third kappa shape index (κ3) is 3.43. The first-order valence-corrected chi connectivity index (χ1v) is 7.49. The molecule has 1 N–H and O–H groups in total. The van der Waals surface area contributed by atoms with Crippen molar-refractivity contribution in [2.75, 3.05) is 31.6 Å². The average Bonchev–Trinajstić information content (AvgIpc) is 2.91. The zero-order valence-corrected chi connectivity index (χ0v) is 13.3. The van der Waals surface area contributed by atoms with Crippen molar-refractivity contribution < 1.29 is 27.5 Å². The first-order valence-electron chi connectivity index (χ1n) is 7.49. The molecule has 0 unspecified atom stereocenters. The summed E-state index contributed by atoms with van der Waals surface area (Å²) in [6.45, 7) is 1.36. The number of morpholine rings is 1. The maximum atomic E-state index is 12.9. The van der Waals surface area contributed by atoms with Crippen LogP contribution in [0.15, 0.2) is 18.2 Å².